The van der Waals surface area contributed by atoms with Gasteiger partial charge in [0.1, 0.15) is 11.4 Å². The Morgan fingerprint density at radius 1 is 1.16 bits per heavy atom. The zero-order valence-electron chi connectivity index (χ0n) is 16.6. The summed E-state index contributed by atoms with van der Waals surface area (Å²) in [5.41, 5.74) is 4.92. The monoisotopic (exact) mass is 490 g/mol. The standard InChI is InChI=1S/C19H13Cl2N7O2S.H3N/c20-12-5-4-11(7-13(12)21)17-10-31-19(23-17)26-24-16(18(29)30)9-28-8-15(25-27-28)14-3-1-2-6-22-14;/h1-8,10H,9H2,(H,23,26)(H,29,30);1H3/b24-16+;. The average Bonchev–Trinajstić information content (AvgIpc) is 3.43. The van der Waals surface area contributed by atoms with Crippen molar-refractivity contribution in [2.75, 3.05) is 5.43 Å². The first-order valence-electron chi connectivity index (χ1n) is 8.76. The number of hydrazone groups is 1. The Hall–Kier alpha value is -3.38. The summed E-state index contributed by atoms with van der Waals surface area (Å²) < 4.78 is 1.34. The molecule has 3 aromatic heterocycles. The van der Waals surface area contributed by atoms with Gasteiger partial charge in [-0.15, -0.1) is 16.4 Å². The molecule has 0 amide bonds. The topological polar surface area (TPSA) is 158 Å². The molecule has 0 radical (unpaired) electrons. The number of nitrogens with zero attached hydrogens (tertiary/aromatic N) is 6. The Morgan fingerprint density at radius 3 is 2.72 bits per heavy atom. The second-order valence-electron chi connectivity index (χ2n) is 6.14. The third-order valence-corrected chi connectivity index (χ3v) is 5.51. The van der Waals surface area contributed by atoms with Crippen LogP contribution in [0.3, 0.4) is 0 Å². The maximum Gasteiger partial charge on any atom is 0.203 e. The lowest BCUT2D eigenvalue weighted by Gasteiger charge is -2.07. The van der Waals surface area contributed by atoms with Crippen LogP contribution in [0.5, 0.6) is 0 Å². The van der Waals surface area contributed by atoms with Crippen molar-refractivity contribution < 1.29 is 9.90 Å². The molecular weight excluding hydrogens is 475 g/mol. The van der Waals surface area contributed by atoms with Gasteiger partial charge in [0.15, 0.2) is 0 Å². The first kappa shape index (κ1) is 23.3. The Bertz CT molecular complexity index is 1260. The van der Waals surface area contributed by atoms with Gasteiger partial charge < -0.3 is 16.1 Å². The van der Waals surface area contributed by atoms with Gasteiger partial charge in [0.05, 0.1) is 40.1 Å². The van der Waals surface area contributed by atoms with Crippen LogP contribution >= 0.6 is 34.5 Å². The van der Waals surface area contributed by atoms with Gasteiger partial charge in [-0.1, -0.05) is 40.5 Å². The van der Waals surface area contributed by atoms with Gasteiger partial charge in [-0.05, 0) is 24.3 Å². The number of halogens is 2. The second-order valence-corrected chi connectivity index (χ2v) is 7.81. The van der Waals surface area contributed by atoms with Crippen LogP contribution in [0.1, 0.15) is 0 Å². The van der Waals surface area contributed by atoms with E-state index >= 15 is 0 Å². The number of hydrogen-bond donors (Lipinski definition) is 2. The van der Waals surface area contributed by atoms with E-state index in [1.807, 2.05) is 6.07 Å². The fourth-order valence-electron chi connectivity index (χ4n) is 2.53. The van der Waals surface area contributed by atoms with Crippen LogP contribution in [-0.4, -0.2) is 36.6 Å². The van der Waals surface area contributed by atoms with Crippen molar-refractivity contribution in [2.24, 2.45) is 5.10 Å². The third-order valence-electron chi connectivity index (χ3n) is 4.02. The van der Waals surface area contributed by atoms with Crippen molar-refractivity contribution in [1.82, 2.24) is 31.1 Å². The van der Waals surface area contributed by atoms with Crippen LogP contribution in [0.15, 0.2) is 59.3 Å². The number of carboxylic acids is 1. The molecule has 4 rings (SSSR count). The zero-order valence-corrected chi connectivity index (χ0v) is 18.9. The quantitative estimate of drug-likeness (QED) is 0.296. The predicted octanol–water partition coefficient (Wildman–Crippen LogP) is 3.36. The summed E-state index contributed by atoms with van der Waals surface area (Å²) in [6.07, 6.45) is 3.21. The van der Waals surface area contributed by atoms with Crippen molar-refractivity contribution in [3.8, 4) is 22.6 Å². The fourth-order valence-corrected chi connectivity index (χ4v) is 3.49. The van der Waals surface area contributed by atoms with Crippen LogP contribution in [-0.2, 0) is 11.3 Å². The number of pyridine rings is 1. The molecule has 10 nitrogen and oxygen atoms in total. The minimum absolute atomic E-state index is 0. The van der Waals surface area contributed by atoms with E-state index in [1.54, 1.807) is 48.1 Å². The van der Waals surface area contributed by atoms with Gasteiger partial charge in [0, 0.05) is 17.1 Å². The molecule has 5 N–H and O–H groups in total. The number of anilines is 1. The van der Waals surface area contributed by atoms with E-state index in [0.29, 0.717) is 32.3 Å². The number of hydrogen-bond acceptors (Lipinski definition) is 9. The molecule has 32 heavy (non-hydrogen) atoms. The molecule has 1 aromatic carbocycles. The molecule has 0 aliphatic rings. The molecule has 0 saturated carbocycles. The summed E-state index contributed by atoms with van der Waals surface area (Å²) in [5, 5.41) is 26.4. The molecule has 0 fully saturated rings. The number of thiazole rings is 1. The Balaban J connectivity index is 0.00000289. The molecule has 0 bridgehead atoms. The molecular formula is C19H16Cl2N8O2S. The van der Waals surface area contributed by atoms with Gasteiger partial charge in [-0.25, -0.2) is 9.67 Å². The fraction of sp³-hybridized carbons (Fsp3) is 0.0526. The van der Waals surface area contributed by atoms with Crippen molar-refractivity contribution in [1.29, 1.82) is 0 Å². The Morgan fingerprint density at radius 2 is 2.00 bits per heavy atom. The maximum absolute atomic E-state index is 11.5. The third kappa shape index (κ3) is 5.45. The number of quaternary nitrogens is 1. The maximum atomic E-state index is 11.5. The Kier molecular flexibility index (Phi) is 7.49. The summed E-state index contributed by atoms with van der Waals surface area (Å²) >= 11 is 13.2. The molecule has 4 aromatic rings. The molecule has 0 saturated heterocycles. The number of aromatic nitrogens is 5. The first-order valence-corrected chi connectivity index (χ1v) is 10.4. The lowest BCUT2D eigenvalue weighted by molar-refractivity contribution is -0.294. The Labute approximate surface area is 196 Å². The van der Waals surface area contributed by atoms with Crippen LogP contribution in [0.25, 0.3) is 22.6 Å². The summed E-state index contributed by atoms with van der Waals surface area (Å²) in [5.74, 6) is -1.44. The molecule has 0 unspecified atom stereocenters. The smallest absolute Gasteiger partial charge is 0.203 e. The second kappa shape index (κ2) is 10.3. The van der Waals surface area contributed by atoms with Crippen LogP contribution in [0.2, 0.25) is 10.0 Å². The number of carbonyl (C=O) groups excluding carboxylic acids is 1. The van der Waals surface area contributed by atoms with Crippen LogP contribution in [0, 0.1) is 0 Å². The van der Waals surface area contributed by atoms with E-state index in [1.165, 1.54) is 16.0 Å². The number of benzene rings is 1. The predicted molar refractivity (Wildman–Crippen MR) is 123 cm³/mol. The summed E-state index contributed by atoms with van der Waals surface area (Å²) in [4.78, 5) is 20.1. The number of rotatable bonds is 7. The SMILES string of the molecule is O=C([O-])/C(Cn1cc(-c2ccccn2)nn1)=N/Nc1nc(-c2ccc(Cl)c(Cl)c2)cs1.[NH4+]. The van der Waals surface area contributed by atoms with E-state index in [2.05, 4.69) is 30.8 Å². The molecule has 3 heterocycles. The van der Waals surface area contributed by atoms with Gasteiger partial charge >= 0.3 is 0 Å². The molecule has 0 atom stereocenters. The van der Waals surface area contributed by atoms with Gasteiger partial charge in [-0.2, -0.15) is 5.10 Å². The van der Waals surface area contributed by atoms with E-state index in [9.17, 15) is 9.90 Å². The highest BCUT2D eigenvalue weighted by Gasteiger charge is 2.10. The first-order chi connectivity index (χ1) is 15.0. The van der Waals surface area contributed by atoms with E-state index in [-0.39, 0.29) is 18.4 Å². The molecule has 0 spiro atoms. The van der Waals surface area contributed by atoms with Gasteiger partial charge in [-0.3, -0.25) is 10.4 Å². The van der Waals surface area contributed by atoms with Crippen molar-refractivity contribution >= 4 is 51.4 Å². The molecule has 164 valence electrons. The normalized spacial score (nSPS) is 11.1. The van der Waals surface area contributed by atoms with Crippen molar-refractivity contribution in [3.05, 3.63) is 64.2 Å². The van der Waals surface area contributed by atoms with Crippen LogP contribution < -0.4 is 16.7 Å². The number of nitrogens with one attached hydrogen (secondary N) is 1. The lowest BCUT2D eigenvalue weighted by Crippen LogP contribution is -2.35. The summed E-state index contributed by atoms with van der Waals surface area (Å²) in [7, 11) is 0. The van der Waals surface area contributed by atoms with Crippen molar-refractivity contribution in [3.63, 3.8) is 0 Å². The molecule has 0 aliphatic carbocycles. The van der Waals surface area contributed by atoms with Gasteiger partial charge in [0.2, 0.25) is 5.13 Å². The summed E-state index contributed by atoms with van der Waals surface area (Å²) in [6.45, 7) is -0.153. The van der Waals surface area contributed by atoms with E-state index in [0.717, 1.165) is 5.56 Å². The number of carbonyl (C=O) groups is 1. The van der Waals surface area contributed by atoms with E-state index < -0.39 is 5.97 Å². The van der Waals surface area contributed by atoms with E-state index in [4.69, 9.17) is 23.2 Å². The van der Waals surface area contributed by atoms with Crippen molar-refractivity contribution in [2.45, 2.75) is 6.54 Å². The number of aliphatic carboxylic acids is 1. The highest BCUT2D eigenvalue weighted by molar-refractivity contribution is 7.14. The zero-order chi connectivity index (χ0) is 21.8. The summed E-state index contributed by atoms with van der Waals surface area (Å²) in [6, 6.07) is 10.5. The minimum Gasteiger partial charge on any atom is -0.543 e. The molecule has 13 heteroatoms. The molecule has 0 aliphatic heterocycles. The highest BCUT2D eigenvalue weighted by Crippen LogP contribution is 2.30. The lowest BCUT2D eigenvalue weighted by atomic mass is 10.2. The van der Waals surface area contributed by atoms with Gasteiger partial charge in [0.25, 0.3) is 0 Å². The largest absolute Gasteiger partial charge is 0.543 e. The highest BCUT2D eigenvalue weighted by atomic mass is 35.5. The number of carboxylic acid groups (broad SMARTS) is 1. The minimum atomic E-state index is -1.44. The van der Waals surface area contributed by atoms with Crippen LogP contribution in [0.4, 0.5) is 5.13 Å². The average molecular weight is 491 g/mol.